The molecule has 3 rings (SSSR count). The molecule has 8 nitrogen and oxygen atoms in total. The highest BCUT2D eigenvalue weighted by Gasteiger charge is 2.55. The summed E-state index contributed by atoms with van der Waals surface area (Å²) in [5.41, 5.74) is 0.674. The third-order valence-corrected chi connectivity index (χ3v) is 5.70. The molecule has 1 atom stereocenters. The van der Waals surface area contributed by atoms with Gasteiger partial charge in [0.15, 0.2) is 0 Å². The highest BCUT2D eigenvalue weighted by molar-refractivity contribution is 5.93. The Morgan fingerprint density at radius 3 is 2.56 bits per heavy atom. The van der Waals surface area contributed by atoms with Crippen LogP contribution < -0.4 is 0 Å². The Kier molecular flexibility index (Phi) is 4.30. The summed E-state index contributed by atoms with van der Waals surface area (Å²) in [4.78, 5) is 39.8. The molecular formula is C17H24N4O4. The van der Waals surface area contributed by atoms with Crippen LogP contribution in [0.1, 0.15) is 42.4 Å². The number of aliphatic carboxylic acids is 1. The minimum Gasteiger partial charge on any atom is -0.481 e. The lowest BCUT2D eigenvalue weighted by Crippen LogP contribution is -2.57. The molecule has 1 spiro atoms. The lowest BCUT2D eigenvalue weighted by Gasteiger charge is -2.45. The number of carboxylic acid groups (broad SMARTS) is 1. The van der Waals surface area contributed by atoms with Crippen molar-refractivity contribution in [1.82, 2.24) is 19.6 Å². The van der Waals surface area contributed by atoms with E-state index in [0.717, 1.165) is 5.69 Å². The molecule has 2 fully saturated rings. The van der Waals surface area contributed by atoms with Crippen LogP contribution in [0.3, 0.4) is 0 Å². The fourth-order valence-corrected chi connectivity index (χ4v) is 4.20. The van der Waals surface area contributed by atoms with Gasteiger partial charge in [0.05, 0.1) is 17.2 Å². The third kappa shape index (κ3) is 2.69. The number of carbonyl (C=O) groups is 3. The van der Waals surface area contributed by atoms with Gasteiger partial charge in [-0.15, -0.1) is 0 Å². The molecule has 136 valence electrons. The first-order chi connectivity index (χ1) is 11.8. The highest BCUT2D eigenvalue weighted by atomic mass is 16.4. The molecule has 2 amide bonds. The molecule has 25 heavy (non-hydrogen) atoms. The summed E-state index contributed by atoms with van der Waals surface area (Å²) in [5.74, 6) is -1.86. The van der Waals surface area contributed by atoms with Crippen LogP contribution in [0.2, 0.25) is 0 Å². The molecule has 0 saturated carbocycles. The van der Waals surface area contributed by atoms with Crippen LogP contribution in [-0.2, 0) is 16.1 Å². The van der Waals surface area contributed by atoms with Crippen LogP contribution >= 0.6 is 0 Å². The van der Waals surface area contributed by atoms with Crippen molar-refractivity contribution < 1.29 is 19.5 Å². The molecule has 2 aliphatic heterocycles. The maximum absolute atomic E-state index is 12.8. The summed E-state index contributed by atoms with van der Waals surface area (Å²) in [6.07, 6.45) is 1.01. The minimum absolute atomic E-state index is 0.0432. The molecule has 1 aromatic heterocycles. The number of rotatable bonds is 3. The number of carboxylic acids is 1. The van der Waals surface area contributed by atoms with Crippen LogP contribution in [0.25, 0.3) is 0 Å². The molecule has 0 unspecified atom stereocenters. The van der Waals surface area contributed by atoms with E-state index in [9.17, 15) is 19.5 Å². The molecule has 1 aromatic rings. The van der Waals surface area contributed by atoms with Crippen molar-refractivity contribution >= 4 is 17.8 Å². The maximum Gasteiger partial charge on any atom is 0.309 e. The third-order valence-electron chi connectivity index (χ3n) is 5.70. The molecule has 8 heteroatoms. The lowest BCUT2D eigenvalue weighted by atomic mass is 9.77. The van der Waals surface area contributed by atoms with Gasteiger partial charge >= 0.3 is 5.97 Å². The number of amides is 2. The number of piperidine rings is 1. The van der Waals surface area contributed by atoms with Crippen molar-refractivity contribution in [2.45, 2.75) is 45.2 Å². The molecular weight excluding hydrogens is 324 g/mol. The maximum atomic E-state index is 12.8. The van der Waals surface area contributed by atoms with E-state index >= 15 is 0 Å². The zero-order valence-corrected chi connectivity index (χ0v) is 14.9. The van der Waals surface area contributed by atoms with E-state index in [4.69, 9.17) is 0 Å². The minimum atomic E-state index is -0.933. The Morgan fingerprint density at radius 1 is 1.36 bits per heavy atom. The molecule has 2 saturated heterocycles. The standard InChI is InChI=1S/C17H24N4O4/c1-4-21-13(9-11(2)18-21)15(23)20-7-5-17(6-8-20)12(16(24)25)10-14(22)19(17)3/h9,12H,4-8,10H2,1-3H3,(H,24,25)/t12-/m0/s1. The number of aryl methyl sites for hydroxylation is 2. The molecule has 0 aliphatic carbocycles. The van der Waals surface area contributed by atoms with E-state index in [-0.39, 0.29) is 18.2 Å². The monoisotopic (exact) mass is 348 g/mol. The van der Waals surface area contributed by atoms with E-state index in [1.807, 2.05) is 13.8 Å². The van der Waals surface area contributed by atoms with Crippen LogP contribution in [0, 0.1) is 12.8 Å². The van der Waals surface area contributed by atoms with Gasteiger partial charge in [0.1, 0.15) is 5.69 Å². The second-order valence-electron chi connectivity index (χ2n) is 6.93. The number of hydrogen-bond acceptors (Lipinski definition) is 4. The van der Waals surface area contributed by atoms with Gasteiger partial charge in [0.2, 0.25) is 5.91 Å². The van der Waals surface area contributed by atoms with Gasteiger partial charge in [-0.1, -0.05) is 0 Å². The van der Waals surface area contributed by atoms with Crippen LogP contribution in [-0.4, -0.2) is 68.1 Å². The Hall–Kier alpha value is -2.38. The summed E-state index contributed by atoms with van der Waals surface area (Å²) in [5, 5.41) is 13.8. The van der Waals surface area contributed by atoms with Crippen molar-refractivity contribution in [1.29, 1.82) is 0 Å². The Labute approximate surface area is 146 Å². The fraction of sp³-hybridized carbons (Fsp3) is 0.647. The quantitative estimate of drug-likeness (QED) is 0.869. The summed E-state index contributed by atoms with van der Waals surface area (Å²) in [6.45, 7) is 5.28. The van der Waals surface area contributed by atoms with Crippen LogP contribution in [0.15, 0.2) is 6.07 Å². The van der Waals surface area contributed by atoms with Gasteiger partial charge in [-0.2, -0.15) is 5.10 Å². The first-order valence-electron chi connectivity index (χ1n) is 8.63. The first-order valence-corrected chi connectivity index (χ1v) is 8.63. The second kappa shape index (κ2) is 6.16. The van der Waals surface area contributed by atoms with Gasteiger partial charge in [-0.05, 0) is 32.8 Å². The zero-order chi connectivity index (χ0) is 18.4. The summed E-state index contributed by atoms with van der Waals surface area (Å²) < 4.78 is 1.69. The van der Waals surface area contributed by atoms with E-state index < -0.39 is 17.4 Å². The number of aromatic nitrogens is 2. The van der Waals surface area contributed by atoms with Crippen molar-refractivity contribution in [3.8, 4) is 0 Å². The lowest BCUT2D eigenvalue weighted by molar-refractivity contribution is -0.145. The van der Waals surface area contributed by atoms with Gasteiger partial charge < -0.3 is 14.9 Å². The predicted octanol–water partition coefficient (Wildman–Crippen LogP) is 0.749. The number of carbonyl (C=O) groups excluding carboxylic acids is 2. The molecule has 3 heterocycles. The predicted molar refractivity (Wildman–Crippen MR) is 89.0 cm³/mol. The van der Waals surface area contributed by atoms with Crippen molar-refractivity contribution in [2.75, 3.05) is 20.1 Å². The van der Waals surface area contributed by atoms with E-state index in [2.05, 4.69) is 5.10 Å². The van der Waals surface area contributed by atoms with Crippen LogP contribution in [0.5, 0.6) is 0 Å². The number of nitrogens with zero attached hydrogens (tertiary/aromatic N) is 4. The van der Waals surface area contributed by atoms with Crippen molar-refractivity contribution in [2.24, 2.45) is 5.92 Å². The van der Waals surface area contributed by atoms with Crippen molar-refractivity contribution in [3.63, 3.8) is 0 Å². The normalized spacial score (nSPS) is 22.7. The summed E-state index contributed by atoms with van der Waals surface area (Å²) in [6, 6.07) is 1.78. The SMILES string of the molecule is CCn1nc(C)cc1C(=O)N1CCC2(CC1)[C@H](C(=O)O)CC(=O)N2C. The first kappa shape index (κ1) is 17.4. The van der Waals surface area contributed by atoms with Gasteiger partial charge in [0.25, 0.3) is 5.91 Å². The van der Waals surface area contributed by atoms with Gasteiger partial charge in [-0.25, -0.2) is 0 Å². The fourth-order valence-electron chi connectivity index (χ4n) is 4.20. The summed E-state index contributed by atoms with van der Waals surface area (Å²) >= 11 is 0. The molecule has 1 N–H and O–H groups in total. The molecule has 0 radical (unpaired) electrons. The van der Waals surface area contributed by atoms with Crippen LogP contribution in [0.4, 0.5) is 0 Å². The Balaban J connectivity index is 1.78. The smallest absolute Gasteiger partial charge is 0.309 e. The van der Waals surface area contributed by atoms with Gasteiger partial charge in [0, 0.05) is 33.1 Å². The van der Waals surface area contributed by atoms with E-state index in [1.165, 1.54) is 0 Å². The van der Waals surface area contributed by atoms with E-state index in [0.29, 0.717) is 38.2 Å². The molecule has 0 aromatic carbocycles. The molecule has 0 bridgehead atoms. The summed E-state index contributed by atoms with van der Waals surface area (Å²) in [7, 11) is 1.68. The van der Waals surface area contributed by atoms with Crippen molar-refractivity contribution in [3.05, 3.63) is 17.5 Å². The average Bonchev–Trinajstić information content (AvgIpc) is 3.08. The number of hydrogen-bond donors (Lipinski definition) is 1. The number of likely N-dealkylation sites (tertiary alicyclic amines) is 2. The largest absolute Gasteiger partial charge is 0.481 e. The molecule has 2 aliphatic rings. The van der Waals surface area contributed by atoms with E-state index in [1.54, 1.807) is 27.6 Å². The topological polar surface area (TPSA) is 95.7 Å². The highest BCUT2D eigenvalue weighted by Crippen LogP contribution is 2.43. The van der Waals surface area contributed by atoms with Gasteiger partial charge in [-0.3, -0.25) is 19.1 Å². The average molecular weight is 348 g/mol. The Bertz CT molecular complexity index is 718. The second-order valence-corrected chi connectivity index (χ2v) is 6.93. The Morgan fingerprint density at radius 2 is 2.00 bits per heavy atom. The zero-order valence-electron chi connectivity index (χ0n) is 14.9.